The van der Waals surface area contributed by atoms with Crippen molar-refractivity contribution in [3.63, 3.8) is 0 Å². The van der Waals surface area contributed by atoms with Gasteiger partial charge in [0.05, 0.1) is 22.2 Å². The number of carbonyl (C=O) groups excluding carboxylic acids is 3. The van der Waals surface area contributed by atoms with Crippen LogP contribution in [0, 0.1) is 5.92 Å². The molecule has 1 fully saturated rings. The number of ether oxygens (including phenoxy) is 1. The molecule has 0 aliphatic carbocycles. The fourth-order valence-electron chi connectivity index (χ4n) is 4.20. The van der Waals surface area contributed by atoms with Gasteiger partial charge in [-0.2, -0.15) is 0 Å². The van der Waals surface area contributed by atoms with E-state index in [1.807, 2.05) is 54.6 Å². The van der Waals surface area contributed by atoms with Crippen LogP contribution in [0.1, 0.15) is 47.5 Å². The van der Waals surface area contributed by atoms with Gasteiger partial charge in [0.1, 0.15) is 6.61 Å². The van der Waals surface area contributed by atoms with Crippen LogP contribution in [0.4, 0.5) is 4.79 Å². The second kappa shape index (κ2) is 13.1. The number of amides is 2. The van der Waals surface area contributed by atoms with Gasteiger partial charge in [-0.15, -0.1) is 11.3 Å². The number of nitrogens with one attached hydrogen (secondary N) is 3. The summed E-state index contributed by atoms with van der Waals surface area (Å²) in [5.74, 6) is -0.390. The lowest BCUT2D eigenvalue weighted by molar-refractivity contribution is -0.126. The van der Waals surface area contributed by atoms with E-state index in [0.717, 1.165) is 35.2 Å². The van der Waals surface area contributed by atoms with Crippen molar-refractivity contribution in [2.24, 2.45) is 5.92 Å². The van der Waals surface area contributed by atoms with Crippen LogP contribution in [-0.2, 0) is 16.1 Å². The molecule has 36 heavy (non-hydrogen) atoms. The fraction of sp³-hybridized carbons (Fsp3) is 0.407. The first-order chi connectivity index (χ1) is 17.6. The molecule has 0 unspecified atom stereocenters. The molecule has 0 bridgehead atoms. The smallest absolute Gasteiger partial charge is 0.407 e. The van der Waals surface area contributed by atoms with E-state index in [2.05, 4.69) is 20.9 Å². The Morgan fingerprint density at radius 1 is 1.08 bits per heavy atom. The van der Waals surface area contributed by atoms with Gasteiger partial charge in [0.2, 0.25) is 11.7 Å². The van der Waals surface area contributed by atoms with Gasteiger partial charge in [0.25, 0.3) is 0 Å². The normalized spacial score (nSPS) is 16.3. The Balaban J connectivity index is 1.29. The SMILES string of the molecule is O=C(NCCCC[C@H](NC(=O)[C@@H]1CCCNC1)C(=O)c1nc2ccccc2s1)OCc1ccccc1. The second-order valence-corrected chi connectivity index (χ2v) is 9.97. The Kier molecular flexibility index (Phi) is 9.40. The number of fused-ring (bicyclic) bond motifs is 1. The number of unbranched alkanes of at least 4 members (excludes halogenated alkanes) is 1. The van der Waals surface area contributed by atoms with Crippen molar-refractivity contribution in [3.8, 4) is 0 Å². The third-order valence-electron chi connectivity index (χ3n) is 6.21. The molecule has 2 heterocycles. The van der Waals surface area contributed by atoms with Gasteiger partial charge in [-0.1, -0.05) is 42.5 Å². The van der Waals surface area contributed by atoms with E-state index < -0.39 is 12.1 Å². The number of Topliss-reactive ketones (excluding diaryl/α,β-unsaturated/α-hetero) is 1. The maximum absolute atomic E-state index is 13.4. The number of rotatable bonds is 11. The summed E-state index contributed by atoms with van der Waals surface area (Å²) >= 11 is 1.35. The van der Waals surface area contributed by atoms with Crippen molar-refractivity contribution in [1.29, 1.82) is 0 Å². The number of hydrogen-bond donors (Lipinski definition) is 3. The number of ketones is 1. The van der Waals surface area contributed by atoms with Gasteiger partial charge in [-0.05, 0) is 56.3 Å². The van der Waals surface area contributed by atoms with Crippen LogP contribution in [0.2, 0.25) is 0 Å². The monoisotopic (exact) mass is 508 g/mol. The number of para-hydroxylation sites is 1. The maximum atomic E-state index is 13.4. The molecule has 3 N–H and O–H groups in total. The van der Waals surface area contributed by atoms with Gasteiger partial charge in [0.15, 0.2) is 5.01 Å². The van der Waals surface area contributed by atoms with Crippen molar-refractivity contribution >= 4 is 39.3 Å². The Bertz CT molecular complexity index is 1130. The van der Waals surface area contributed by atoms with Gasteiger partial charge in [-0.3, -0.25) is 9.59 Å². The van der Waals surface area contributed by atoms with Crippen LogP contribution in [0.25, 0.3) is 10.2 Å². The number of nitrogens with zero attached hydrogens (tertiary/aromatic N) is 1. The standard InChI is InChI=1S/C27H32N4O4S/c32-24(26-31-21-12-4-5-14-23(21)36-26)22(30-25(33)20-11-8-15-28-17-20)13-6-7-16-29-27(34)35-18-19-9-2-1-3-10-19/h1-5,9-10,12,14,20,22,28H,6-8,11,13,15-18H2,(H,29,34)(H,30,33)/t20-,22+/m1/s1. The predicted molar refractivity (Wildman–Crippen MR) is 140 cm³/mol. The summed E-state index contributed by atoms with van der Waals surface area (Å²) in [4.78, 5) is 42.7. The highest BCUT2D eigenvalue weighted by Crippen LogP contribution is 2.23. The summed E-state index contributed by atoms with van der Waals surface area (Å²) in [6.07, 6.45) is 3.07. The lowest BCUT2D eigenvalue weighted by Gasteiger charge is -2.24. The highest BCUT2D eigenvalue weighted by molar-refractivity contribution is 7.20. The number of benzene rings is 2. The third kappa shape index (κ3) is 7.35. The highest BCUT2D eigenvalue weighted by Gasteiger charge is 2.28. The minimum Gasteiger partial charge on any atom is -0.445 e. The molecule has 0 spiro atoms. The van der Waals surface area contributed by atoms with Crippen LogP contribution in [0.3, 0.4) is 0 Å². The zero-order chi connectivity index (χ0) is 25.2. The van der Waals surface area contributed by atoms with E-state index in [9.17, 15) is 14.4 Å². The average Bonchev–Trinajstić information content (AvgIpc) is 3.36. The zero-order valence-corrected chi connectivity index (χ0v) is 21.0. The van der Waals surface area contributed by atoms with Gasteiger partial charge in [-0.25, -0.2) is 9.78 Å². The van der Waals surface area contributed by atoms with Crippen molar-refractivity contribution in [1.82, 2.24) is 20.9 Å². The minimum atomic E-state index is -0.648. The van der Waals surface area contributed by atoms with E-state index in [1.165, 1.54) is 11.3 Å². The van der Waals surface area contributed by atoms with Crippen molar-refractivity contribution in [2.75, 3.05) is 19.6 Å². The van der Waals surface area contributed by atoms with E-state index in [1.54, 1.807) is 0 Å². The molecule has 9 heteroatoms. The third-order valence-corrected chi connectivity index (χ3v) is 7.26. The molecular formula is C27H32N4O4S. The number of aromatic nitrogens is 1. The van der Waals surface area contributed by atoms with Crippen LogP contribution in [-0.4, -0.2) is 48.4 Å². The lowest BCUT2D eigenvalue weighted by atomic mass is 9.97. The molecule has 1 aliphatic rings. The summed E-state index contributed by atoms with van der Waals surface area (Å²) in [7, 11) is 0. The molecule has 1 aliphatic heterocycles. The van der Waals surface area contributed by atoms with Crippen molar-refractivity contribution < 1.29 is 19.1 Å². The number of carbonyl (C=O) groups is 3. The fourth-order valence-corrected chi connectivity index (χ4v) is 5.16. The largest absolute Gasteiger partial charge is 0.445 e. The van der Waals surface area contributed by atoms with Gasteiger partial charge in [0, 0.05) is 13.1 Å². The van der Waals surface area contributed by atoms with Gasteiger partial charge < -0.3 is 20.7 Å². The quantitative estimate of drug-likeness (QED) is 0.266. The molecule has 3 aromatic rings. The van der Waals surface area contributed by atoms with E-state index in [4.69, 9.17) is 4.74 Å². The molecule has 0 saturated carbocycles. The van der Waals surface area contributed by atoms with Crippen molar-refractivity contribution in [3.05, 3.63) is 65.2 Å². The average molecular weight is 509 g/mol. The zero-order valence-electron chi connectivity index (χ0n) is 20.2. The Morgan fingerprint density at radius 3 is 2.67 bits per heavy atom. The minimum absolute atomic E-state index is 0.0933. The van der Waals surface area contributed by atoms with Crippen molar-refractivity contribution in [2.45, 2.75) is 44.8 Å². The van der Waals surface area contributed by atoms with E-state index in [-0.39, 0.29) is 24.2 Å². The molecule has 2 aromatic carbocycles. The first-order valence-corrected chi connectivity index (χ1v) is 13.3. The molecule has 0 radical (unpaired) electrons. The molecular weight excluding hydrogens is 476 g/mol. The van der Waals surface area contributed by atoms with Crippen LogP contribution >= 0.6 is 11.3 Å². The second-order valence-electron chi connectivity index (χ2n) is 8.94. The number of alkyl carbamates (subject to hydrolysis) is 1. The van der Waals surface area contributed by atoms with E-state index >= 15 is 0 Å². The topological polar surface area (TPSA) is 109 Å². The molecule has 1 aromatic heterocycles. The van der Waals surface area contributed by atoms with E-state index in [0.29, 0.717) is 37.4 Å². The molecule has 1 saturated heterocycles. The summed E-state index contributed by atoms with van der Waals surface area (Å²) in [5.41, 5.74) is 1.71. The van der Waals surface area contributed by atoms with Crippen LogP contribution in [0.15, 0.2) is 54.6 Å². The lowest BCUT2D eigenvalue weighted by Crippen LogP contribution is -2.47. The number of thiazole rings is 1. The Labute approximate surface area is 214 Å². The number of piperidine rings is 1. The Morgan fingerprint density at radius 2 is 1.89 bits per heavy atom. The molecule has 4 rings (SSSR count). The summed E-state index contributed by atoms with van der Waals surface area (Å²) in [6, 6.07) is 16.5. The predicted octanol–water partition coefficient (Wildman–Crippen LogP) is 4.06. The van der Waals surface area contributed by atoms with Gasteiger partial charge >= 0.3 is 6.09 Å². The number of hydrogen-bond acceptors (Lipinski definition) is 7. The molecule has 2 amide bonds. The molecule has 8 nitrogen and oxygen atoms in total. The van der Waals surface area contributed by atoms with Crippen LogP contribution in [0.5, 0.6) is 0 Å². The van der Waals surface area contributed by atoms with Crippen LogP contribution < -0.4 is 16.0 Å². The first kappa shape index (κ1) is 25.8. The first-order valence-electron chi connectivity index (χ1n) is 12.5. The maximum Gasteiger partial charge on any atom is 0.407 e. The molecule has 2 atom stereocenters. The Hall–Kier alpha value is -3.30. The highest BCUT2D eigenvalue weighted by atomic mass is 32.1. The molecule has 190 valence electrons. The summed E-state index contributed by atoms with van der Waals surface area (Å²) in [5, 5.41) is 9.40. The summed E-state index contributed by atoms with van der Waals surface area (Å²) in [6.45, 7) is 2.19. The summed E-state index contributed by atoms with van der Waals surface area (Å²) < 4.78 is 6.17.